The van der Waals surface area contributed by atoms with Crippen LogP contribution in [0.2, 0.25) is 0 Å². The molecule has 0 aliphatic heterocycles. The van der Waals surface area contributed by atoms with Crippen LogP contribution in [0.4, 0.5) is 0 Å². The molecule has 0 radical (unpaired) electrons. The lowest BCUT2D eigenvalue weighted by Gasteiger charge is -2.24. The first kappa shape index (κ1) is 19.1. The quantitative estimate of drug-likeness (QED) is 0.654. The third-order valence-electron chi connectivity index (χ3n) is 5.47. The van der Waals surface area contributed by atoms with Crippen molar-refractivity contribution in [2.75, 3.05) is 21.3 Å². The predicted octanol–water partition coefficient (Wildman–Crippen LogP) is 4.12. The Morgan fingerprint density at radius 1 is 0.966 bits per heavy atom. The molecule has 1 aromatic heterocycles. The third-order valence-corrected chi connectivity index (χ3v) is 5.47. The highest BCUT2D eigenvalue weighted by atomic mass is 16.5. The van der Waals surface area contributed by atoms with Crippen LogP contribution in [0.15, 0.2) is 42.5 Å². The number of carbonyl (C=O) groups excluding carboxylic acids is 1. The molecule has 0 unspecified atom stereocenters. The summed E-state index contributed by atoms with van der Waals surface area (Å²) < 4.78 is 18.3. The first-order valence-corrected chi connectivity index (χ1v) is 9.54. The lowest BCUT2D eigenvalue weighted by molar-refractivity contribution is 0.0963. The highest BCUT2D eigenvalue weighted by Crippen LogP contribution is 2.43. The van der Waals surface area contributed by atoms with Crippen molar-refractivity contribution in [1.82, 2.24) is 9.78 Å². The van der Waals surface area contributed by atoms with Crippen molar-refractivity contribution in [3.05, 3.63) is 65.0 Å². The topological polar surface area (TPSA) is 62.6 Å². The molecule has 1 atom stereocenters. The molecular formula is C23H24N2O4. The van der Waals surface area contributed by atoms with Crippen molar-refractivity contribution in [2.45, 2.75) is 25.7 Å². The Hall–Kier alpha value is -3.28. The SMILES string of the molecule is COc1cc([C@@H]2CC(=O)c3c(C)nn(-c4ccccc4)c3C2)cc(OC)c1OC. The Labute approximate surface area is 170 Å². The third kappa shape index (κ3) is 3.24. The van der Waals surface area contributed by atoms with Crippen molar-refractivity contribution < 1.29 is 19.0 Å². The molecule has 0 fully saturated rings. The second-order valence-electron chi connectivity index (χ2n) is 7.14. The minimum atomic E-state index is 0.00210. The smallest absolute Gasteiger partial charge is 0.203 e. The molecule has 3 aromatic rings. The number of rotatable bonds is 5. The normalized spacial score (nSPS) is 15.7. The van der Waals surface area contributed by atoms with Crippen molar-refractivity contribution in [3.8, 4) is 22.9 Å². The van der Waals surface area contributed by atoms with Crippen LogP contribution in [-0.2, 0) is 6.42 Å². The second kappa shape index (κ2) is 7.62. The lowest BCUT2D eigenvalue weighted by atomic mass is 9.81. The zero-order valence-electron chi connectivity index (χ0n) is 17.1. The molecule has 29 heavy (non-hydrogen) atoms. The Bertz CT molecular complexity index is 1030. The van der Waals surface area contributed by atoms with Gasteiger partial charge in [-0.15, -0.1) is 0 Å². The van der Waals surface area contributed by atoms with E-state index in [9.17, 15) is 4.79 Å². The van der Waals surface area contributed by atoms with E-state index in [1.807, 2.05) is 54.1 Å². The Morgan fingerprint density at radius 3 is 2.21 bits per heavy atom. The van der Waals surface area contributed by atoms with Gasteiger partial charge in [-0.3, -0.25) is 4.79 Å². The number of hydrogen-bond donors (Lipinski definition) is 0. The zero-order chi connectivity index (χ0) is 20.5. The van der Waals surface area contributed by atoms with Gasteiger partial charge in [-0.2, -0.15) is 5.10 Å². The summed E-state index contributed by atoms with van der Waals surface area (Å²) in [7, 11) is 4.77. The fraction of sp³-hybridized carbons (Fsp3) is 0.304. The number of aromatic nitrogens is 2. The average Bonchev–Trinajstić information content (AvgIpc) is 3.10. The molecule has 0 saturated carbocycles. The Balaban J connectivity index is 1.79. The van der Waals surface area contributed by atoms with Crippen LogP contribution < -0.4 is 14.2 Å². The van der Waals surface area contributed by atoms with E-state index in [0.29, 0.717) is 30.1 Å². The zero-order valence-corrected chi connectivity index (χ0v) is 17.1. The molecule has 0 bridgehead atoms. The molecule has 150 valence electrons. The van der Waals surface area contributed by atoms with E-state index < -0.39 is 0 Å². The fourth-order valence-corrected chi connectivity index (χ4v) is 4.11. The van der Waals surface area contributed by atoms with Gasteiger partial charge < -0.3 is 14.2 Å². The van der Waals surface area contributed by atoms with E-state index in [-0.39, 0.29) is 11.7 Å². The minimum absolute atomic E-state index is 0.00210. The van der Waals surface area contributed by atoms with Crippen molar-refractivity contribution in [3.63, 3.8) is 0 Å². The van der Waals surface area contributed by atoms with Gasteiger partial charge in [0.1, 0.15) is 0 Å². The van der Waals surface area contributed by atoms with Gasteiger partial charge in [0.25, 0.3) is 0 Å². The summed E-state index contributed by atoms with van der Waals surface area (Å²) in [6.45, 7) is 1.90. The molecule has 0 amide bonds. The number of methoxy groups -OCH3 is 3. The molecule has 0 saturated heterocycles. The maximum absolute atomic E-state index is 13.0. The van der Waals surface area contributed by atoms with Gasteiger partial charge in [0.2, 0.25) is 5.75 Å². The number of benzene rings is 2. The van der Waals surface area contributed by atoms with Crippen molar-refractivity contribution in [2.24, 2.45) is 0 Å². The summed E-state index contributed by atoms with van der Waals surface area (Å²) in [5.74, 6) is 1.85. The lowest BCUT2D eigenvalue weighted by Crippen LogP contribution is -2.20. The summed E-state index contributed by atoms with van der Waals surface area (Å²) in [6.07, 6.45) is 1.13. The van der Waals surface area contributed by atoms with E-state index in [1.54, 1.807) is 21.3 Å². The number of aryl methyl sites for hydroxylation is 1. The molecule has 2 aromatic carbocycles. The van der Waals surface area contributed by atoms with Gasteiger partial charge in [0.15, 0.2) is 17.3 Å². The van der Waals surface area contributed by atoms with Gasteiger partial charge in [-0.1, -0.05) is 18.2 Å². The number of fused-ring (bicyclic) bond motifs is 1. The van der Waals surface area contributed by atoms with Gasteiger partial charge in [0, 0.05) is 6.42 Å². The van der Waals surface area contributed by atoms with Gasteiger partial charge in [-0.05, 0) is 49.1 Å². The van der Waals surface area contributed by atoms with E-state index in [4.69, 9.17) is 14.2 Å². The fourth-order valence-electron chi connectivity index (χ4n) is 4.11. The van der Waals surface area contributed by atoms with Crippen molar-refractivity contribution >= 4 is 5.78 Å². The standard InChI is InChI=1S/C23H24N2O4/c1-14-22-18(25(24-14)17-8-6-5-7-9-17)10-15(11-19(22)26)16-12-20(27-2)23(29-4)21(13-16)28-3/h5-9,12-13,15H,10-11H2,1-4H3/t15-/m0/s1. The van der Waals surface area contributed by atoms with Crippen LogP contribution in [0.5, 0.6) is 17.2 Å². The van der Waals surface area contributed by atoms with Crippen LogP contribution in [-0.4, -0.2) is 36.9 Å². The van der Waals surface area contributed by atoms with E-state index in [1.165, 1.54) is 0 Å². The minimum Gasteiger partial charge on any atom is -0.493 e. The summed E-state index contributed by atoms with van der Waals surface area (Å²) in [5.41, 5.74) is 4.41. The highest BCUT2D eigenvalue weighted by Gasteiger charge is 2.33. The predicted molar refractivity (Wildman–Crippen MR) is 110 cm³/mol. The molecule has 1 aliphatic rings. The van der Waals surface area contributed by atoms with Gasteiger partial charge >= 0.3 is 0 Å². The maximum atomic E-state index is 13.0. The number of Topliss-reactive ketones (excluding diaryl/α,β-unsaturated/α-hetero) is 1. The first-order valence-electron chi connectivity index (χ1n) is 9.54. The van der Waals surface area contributed by atoms with E-state index in [2.05, 4.69) is 5.10 Å². The molecule has 1 aliphatic carbocycles. The second-order valence-corrected chi connectivity index (χ2v) is 7.14. The largest absolute Gasteiger partial charge is 0.493 e. The molecule has 0 spiro atoms. The number of nitrogens with zero attached hydrogens (tertiary/aromatic N) is 2. The molecule has 6 nitrogen and oxygen atoms in total. The van der Waals surface area contributed by atoms with Crippen molar-refractivity contribution in [1.29, 1.82) is 0 Å². The molecule has 4 rings (SSSR count). The summed E-state index contributed by atoms with van der Waals surface area (Å²) in [4.78, 5) is 13.0. The first-order chi connectivity index (χ1) is 14.1. The van der Waals surface area contributed by atoms with E-state index in [0.717, 1.165) is 28.2 Å². The van der Waals surface area contributed by atoms with Crippen LogP contribution in [0.1, 0.15) is 39.6 Å². The van der Waals surface area contributed by atoms with Crippen LogP contribution >= 0.6 is 0 Å². The summed E-state index contributed by atoms with van der Waals surface area (Å²) in [6, 6.07) is 13.8. The molecule has 1 heterocycles. The van der Waals surface area contributed by atoms with Gasteiger partial charge in [-0.25, -0.2) is 4.68 Å². The monoisotopic (exact) mass is 392 g/mol. The number of ether oxygens (including phenoxy) is 3. The van der Waals surface area contributed by atoms with Crippen LogP contribution in [0.25, 0.3) is 5.69 Å². The van der Waals surface area contributed by atoms with Crippen LogP contribution in [0.3, 0.4) is 0 Å². The molecule has 6 heteroatoms. The van der Waals surface area contributed by atoms with Gasteiger partial charge in [0.05, 0.1) is 44.0 Å². The molecular weight excluding hydrogens is 368 g/mol. The number of hydrogen-bond acceptors (Lipinski definition) is 5. The summed E-state index contributed by atoms with van der Waals surface area (Å²) >= 11 is 0. The average molecular weight is 392 g/mol. The maximum Gasteiger partial charge on any atom is 0.203 e. The number of ketones is 1. The number of carbonyl (C=O) groups is 1. The van der Waals surface area contributed by atoms with E-state index >= 15 is 0 Å². The Kier molecular flexibility index (Phi) is 5.01. The highest BCUT2D eigenvalue weighted by molar-refractivity contribution is 6.00. The summed E-state index contributed by atoms with van der Waals surface area (Å²) in [5, 5.41) is 4.66. The number of para-hydroxylation sites is 1. The molecule has 0 N–H and O–H groups in total. The van der Waals surface area contributed by atoms with Crippen LogP contribution in [0, 0.1) is 6.92 Å². The Morgan fingerprint density at radius 2 is 1.62 bits per heavy atom.